The van der Waals surface area contributed by atoms with E-state index < -0.39 is 11.9 Å². The Labute approximate surface area is 115 Å². The average Bonchev–Trinajstić information content (AvgIpc) is 2.42. The lowest BCUT2D eigenvalue weighted by Gasteiger charge is -2.13. The molecule has 0 aliphatic rings. The summed E-state index contributed by atoms with van der Waals surface area (Å²) in [7, 11) is 0. The molecular formula is C14H12ClNO3. The maximum Gasteiger partial charge on any atom is 0.316 e. The zero-order valence-electron chi connectivity index (χ0n) is 9.99. The Balaban J connectivity index is 2.11. The SMILES string of the molecule is O=C(O)C(COc1ccccc1Cl)c1ccccn1. The summed E-state index contributed by atoms with van der Waals surface area (Å²) in [6.45, 7) is -0.0178. The molecule has 2 aromatic rings. The lowest BCUT2D eigenvalue weighted by Crippen LogP contribution is -2.20. The van der Waals surface area contributed by atoms with Gasteiger partial charge in [0.2, 0.25) is 0 Å². The van der Waals surface area contributed by atoms with E-state index in [1.165, 1.54) is 0 Å². The van der Waals surface area contributed by atoms with Crippen molar-refractivity contribution in [1.29, 1.82) is 0 Å². The van der Waals surface area contributed by atoms with Gasteiger partial charge in [0, 0.05) is 6.20 Å². The number of aromatic nitrogens is 1. The summed E-state index contributed by atoms with van der Waals surface area (Å²) in [5, 5.41) is 9.67. The maximum absolute atomic E-state index is 11.3. The molecule has 0 saturated carbocycles. The number of hydrogen-bond donors (Lipinski definition) is 1. The smallest absolute Gasteiger partial charge is 0.316 e. The minimum Gasteiger partial charge on any atom is -0.491 e. The monoisotopic (exact) mass is 277 g/mol. The highest BCUT2D eigenvalue weighted by atomic mass is 35.5. The van der Waals surface area contributed by atoms with E-state index in [2.05, 4.69) is 4.98 Å². The highest BCUT2D eigenvalue weighted by molar-refractivity contribution is 6.32. The Morgan fingerprint density at radius 1 is 1.26 bits per heavy atom. The Hall–Kier alpha value is -2.07. The Morgan fingerprint density at radius 2 is 2.00 bits per heavy atom. The van der Waals surface area contributed by atoms with Gasteiger partial charge < -0.3 is 9.84 Å². The van der Waals surface area contributed by atoms with Crippen LogP contribution >= 0.6 is 11.6 Å². The largest absolute Gasteiger partial charge is 0.491 e. The number of hydrogen-bond acceptors (Lipinski definition) is 3. The van der Waals surface area contributed by atoms with Crippen molar-refractivity contribution in [2.75, 3.05) is 6.61 Å². The molecule has 0 aliphatic heterocycles. The van der Waals surface area contributed by atoms with Crippen molar-refractivity contribution < 1.29 is 14.6 Å². The molecule has 4 nitrogen and oxygen atoms in total. The van der Waals surface area contributed by atoms with Gasteiger partial charge in [-0.15, -0.1) is 0 Å². The summed E-state index contributed by atoms with van der Waals surface area (Å²) in [6.07, 6.45) is 1.56. The quantitative estimate of drug-likeness (QED) is 0.913. The van der Waals surface area contributed by atoms with Gasteiger partial charge in [-0.2, -0.15) is 0 Å². The summed E-state index contributed by atoms with van der Waals surface area (Å²) < 4.78 is 5.46. The number of para-hydroxylation sites is 1. The van der Waals surface area contributed by atoms with Gasteiger partial charge in [0.15, 0.2) is 0 Å². The molecule has 1 aromatic carbocycles. The summed E-state index contributed by atoms with van der Waals surface area (Å²) >= 11 is 5.95. The molecule has 98 valence electrons. The Morgan fingerprint density at radius 3 is 2.63 bits per heavy atom. The molecule has 0 radical (unpaired) electrons. The number of carbonyl (C=O) groups is 1. The number of carboxylic acid groups (broad SMARTS) is 1. The van der Waals surface area contributed by atoms with E-state index in [-0.39, 0.29) is 6.61 Å². The van der Waals surface area contributed by atoms with Gasteiger partial charge in [0.05, 0.1) is 10.7 Å². The topological polar surface area (TPSA) is 59.4 Å². The molecular weight excluding hydrogens is 266 g/mol. The molecule has 0 saturated heterocycles. The second kappa shape index (κ2) is 6.20. The van der Waals surface area contributed by atoms with Crippen LogP contribution in [0.4, 0.5) is 0 Å². The molecule has 1 unspecified atom stereocenters. The third kappa shape index (κ3) is 3.45. The number of pyridine rings is 1. The number of nitrogens with zero attached hydrogens (tertiary/aromatic N) is 1. The number of aliphatic carboxylic acids is 1. The van der Waals surface area contributed by atoms with E-state index in [1.807, 2.05) is 0 Å². The molecule has 0 aliphatic carbocycles. The maximum atomic E-state index is 11.3. The molecule has 0 fully saturated rings. The van der Waals surface area contributed by atoms with Crippen molar-refractivity contribution in [2.24, 2.45) is 0 Å². The van der Waals surface area contributed by atoms with Crippen LogP contribution in [0.3, 0.4) is 0 Å². The fourth-order valence-corrected chi connectivity index (χ4v) is 1.79. The first-order valence-electron chi connectivity index (χ1n) is 5.69. The third-order valence-corrected chi connectivity index (χ3v) is 2.90. The molecule has 1 heterocycles. The number of rotatable bonds is 5. The first kappa shape index (κ1) is 13.4. The van der Waals surface area contributed by atoms with E-state index in [4.69, 9.17) is 16.3 Å². The second-order valence-corrected chi connectivity index (χ2v) is 4.29. The molecule has 1 aromatic heterocycles. The first-order valence-corrected chi connectivity index (χ1v) is 6.07. The number of halogens is 1. The fraction of sp³-hybridized carbons (Fsp3) is 0.143. The van der Waals surface area contributed by atoms with Gasteiger partial charge in [-0.1, -0.05) is 29.8 Å². The van der Waals surface area contributed by atoms with Crippen molar-refractivity contribution >= 4 is 17.6 Å². The summed E-state index contributed by atoms with van der Waals surface area (Å²) in [5.41, 5.74) is 0.460. The lowest BCUT2D eigenvalue weighted by molar-refractivity contribution is -0.139. The van der Waals surface area contributed by atoms with E-state index in [1.54, 1.807) is 48.7 Å². The minimum absolute atomic E-state index is 0.0178. The van der Waals surface area contributed by atoms with Crippen LogP contribution in [-0.2, 0) is 4.79 Å². The van der Waals surface area contributed by atoms with Gasteiger partial charge >= 0.3 is 5.97 Å². The molecule has 0 spiro atoms. The summed E-state index contributed by atoms with van der Waals surface area (Å²) in [5.74, 6) is -1.34. The van der Waals surface area contributed by atoms with Crippen molar-refractivity contribution in [3.8, 4) is 5.75 Å². The van der Waals surface area contributed by atoms with Gasteiger partial charge in [0.1, 0.15) is 18.3 Å². The van der Waals surface area contributed by atoms with Crippen LogP contribution in [0.2, 0.25) is 5.02 Å². The summed E-state index contributed by atoms with van der Waals surface area (Å²) in [4.78, 5) is 15.3. The predicted molar refractivity (Wildman–Crippen MR) is 71.6 cm³/mol. The summed E-state index contributed by atoms with van der Waals surface area (Å²) in [6, 6.07) is 12.1. The normalized spacial score (nSPS) is 11.8. The lowest BCUT2D eigenvalue weighted by atomic mass is 10.1. The van der Waals surface area contributed by atoms with Gasteiger partial charge in [-0.05, 0) is 24.3 Å². The van der Waals surface area contributed by atoms with E-state index in [9.17, 15) is 9.90 Å². The number of carboxylic acids is 1. The van der Waals surface area contributed by atoms with Crippen LogP contribution in [0.25, 0.3) is 0 Å². The average molecular weight is 278 g/mol. The highest BCUT2D eigenvalue weighted by Crippen LogP contribution is 2.25. The molecule has 19 heavy (non-hydrogen) atoms. The van der Waals surface area contributed by atoms with Crippen LogP contribution in [0.15, 0.2) is 48.7 Å². The Bertz CT molecular complexity index is 560. The van der Waals surface area contributed by atoms with Crippen molar-refractivity contribution in [1.82, 2.24) is 4.98 Å². The van der Waals surface area contributed by atoms with E-state index in [0.29, 0.717) is 16.5 Å². The van der Waals surface area contributed by atoms with Gasteiger partial charge in [0.25, 0.3) is 0 Å². The third-order valence-electron chi connectivity index (χ3n) is 2.59. The second-order valence-electron chi connectivity index (χ2n) is 3.89. The van der Waals surface area contributed by atoms with Crippen molar-refractivity contribution in [3.05, 3.63) is 59.4 Å². The molecule has 0 bridgehead atoms. The molecule has 0 amide bonds. The first-order chi connectivity index (χ1) is 9.18. The van der Waals surface area contributed by atoms with Crippen LogP contribution in [0.5, 0.6) is 5.75 Å². The number of ether oxygens (including phenoxy) is 1. The molecule has 1 N–H and O–H groups in total. The minimum atomic E-state index is -0.981. The molecule has 5 heteroatoms. The Kier molecular flexibility index (Phi) is 4.36. The van der Waals surface area contributed by atoms with Crippen LogP contribution < -0.4 is 4.74 Å². The van der Waals surface area contributed by atoms with Gasteiger partial charge in [-0.3, -0.25) is 9.78 Å². The molecule has 2 rings (SSSR count). The standard InChI is InChI=1S/C14H12ClNO3/c15-11-5-1-2-7-13(11)19-9-10(14(17)18)12-6-3-4-8-16-12/h1-8,10H,9H2,(H,17,18). The van der Waals surface area contributed by atoms with Crippen LogP contribution in [0.1, 0.15) is 11.6 Å². The zero-order chi connectivity index (χ0) is 13.7. The molecule has 1 atom stereocenters. The predicted octanol–water partition coefficient (Wildman–Crippen LogP) is 2.98. The van der Waals surface area contributed by atoms with Crippen LogP contribution in [0, 0.1) is 0 Å². The van der Waals surface area contributed by atoms with E-state index >= 15 is 0 Å². The highest BCUT2D eigenvalue weighted by Gasteiger charge is 2.22. The van der Waals surface area contributed by atoms with Gasteiger partial charge in [-0.25, -0.2) is 0 Å². The van der Waals surface area contributed by atoms with E-state index in [0.717, 1.165) is 0 Å². The van der Waals surface area contributed by atoms with Crippen molar-refractivity contribution in [3.63, 3.8) is 0 Å². The van der Waals surface area contributed by atoms with Crippen molar-refractivity contribution in [2.45, 2.75) is 5.92 Å². The zero-order valence-corrected chi connectivity index (χ0v) is 10.7. The fourth-order valence-electron chi connectivity index (χ4n) is 1.60. The van der Waals surface area contributed by atoms with Crippen LogP contribution in [-0.4, -0.2) is 22.7 Å². The number of benzene rings is 1.